The number of rotatable bonds is 6. The molecule has 7 nitrogen and oxygen atoms in total. The van der Waals surface area contributed by atoms with Crippen LogP contribution in [0.4, 0.5) is 0 Å². The molecule has 0 unspecified atom stereocenters. The summed E-state index contributed by atoms with van der Waals surface area (Å²) < 4.78 is 37.8. The summed E-state index contributed by atoms with van der Waals surface area (Å²) in [6.45, 7) is 8.18. The third kappa shape index (κ3) is 5.03. The molecule has 2 aromatic rings. The van der Waals surface area contributed by atoms with Crippen LogP contribution in [0.5, 0.6) is 0 Å². The molecule has 0 saturated carbocycles. The Kier molecular flexibility index (Phi) is 6.93. The highest BCUT2D eigenvalue weighted by molar-refractivity contribution is 7.89. The number of aryl methyl sites for hydroxylation is 4. The first-order valence-electron chi connectivity index (χ1n) is 10.1. The molecule has 0 N–H and O–H groups in total. The van der Waals surface area contributed by atoms with Crippen LogP contribution in [0.25, 0.3) is 0 Å². The highest BCUT2D eigenvalue weighted by atomic mass is 32.2. The minimum Gasteiger partial charge on any atom is -0.454 e. The first kappa shape index (κ1) is 23.1. The van der Waals surface area contributed by atoms with Gasteiger partial charge in [0.1, 0.15) is 0 Å². The standard InChI is InChI=1S/C23H27NO6S/c1-15-5-6-19(13-22(15)31(27,28)24-7-9-29-10-8-24)23(26)30-14-21(25)20-12-17(3)16(2)11-18(20)4/h5-6,11-13H,7-10,14H2,1-4H3. The minimum absolute atomic E-state index is 0.0557. The molecule has 1 aliphatic heterocycles. The maximum absolute atomic E-state index is 13.0. The number of morpholine rings is 1. The number of Topliss-reactive ketones (excluding diaryl/α,β-unsaturated/α-hetero) is 1. The number of carbonyl (C=O) groups excluding carboxylic acids is 2. The first-order valence-corrected chi connectivity index (χ1v) is 11.5. The molecule has 0 radical (unpaired) electrons. The molecule has 3 rings (SSSR count). The third-order valence-electron chi connectivity index (χ3n) is 5.49. The molecule has 0 spiro atoms. The highest BCUT2D eigenvalue weighted by Gasteiger charge is 2.28. The molecule has 1 heterocycles. The molecule has 31 heavy (non-hydrogen) atoms. The molecular weight excluding hydrogens is 418 g/mol. The Morgan fingerprint density at radius 3 is 2.26 bits per heavy atom. The second-order valence-corrected chi connectivity index (χ2v) is 9.65. The van der Waals surface area contributed by atoms with Gasteiger partial charge in [-0.3, -0.25) is 4.79 Å². The topological polar surface area (TPSA) is 90.0 Å². The summed E-state index contributed by atoms with van der Waals surface area (Å²) in [5.74, 6) is -1.05. The number of benzene rings is 2. The van der Waals surface area contributed by atoms with Crippen LogP contribution in [0.15, 0.2) is 35.2 Å². The number of esters is 1. The van der Waals surface area contributed by atoms with E-state index < -0.39 is 22.6 Å². The van der Waals surface area contributed by atoms with Crippen LogP contribution in [0, 0.1) is 27.7 Å². The maximum atomic E-state index is 13.0. The predicted octanol–water partition coefficient (Wildman–Crippen LogP) is 2.98. The SMILES string of the molecule is Cc1cc(C)c(C(=O)COC(=O)c2ccc(C)c(S(=O)(=O)N3CCOCC3)c2)cc1C. The van der Waals surface area contributed by atoms with E-state index in [-0.39, 0.29) is 29.3 Å². The molecule has 8 heteroatoms. The van der Waals surface area contributed by atoms with Crippen LogP contribution in [-0.2, 0) is 19.5 Å². The van der Waals surface area contributed by atoms with Crippen molar-refractivity contribution in [1.82, 2.24) is 4.31 Å². The van der Waals surface area contributed by atoms with E-state index in [2.05, 4.69) is 0 Å². The van der Waals surface area contributed by atoms with Crippen molar-refractivity contribution >= 4 is 21.8 Å². The minimum atomic E-state index is -3.76. The number of hydrogen-bond acceptors (Lipinski definition) is 6. The average Bonchev–Trinajstić information content (AvgIpc) is 2.75. The van der Waals surface area contributed by atoms with Crippen molar-refractivity contribution in [3.05, 3.63) is 63.7 Å². The van der Waals surface area contributed by atoms with Crippen LogP contribution in [-0.4, -0.2) is 57.4 Å². The van der Waals surface area contributed by atoms with Crippen molar-refractivity contribution in [2.75, 3.05) is 32.9 Å². The number of ether oxygens (including phenoxy) is 2. The number of sulfonamides is 1. The third-order valence-corrected chi connectivity index (χ3v) is 7.53. The van der Waals surface area contributed by atoms with Crippen molar-refractivity contribution in [1.29, 1.82) is 0 Å². The molecular formula is C23H27NO6S. The highest BCUT2D eigenvalue weighted by Crippen LogP contribution is 2.23. The summed E-state index contributed by atoms with van der Waals surface area (Å²) in [6.07, 6.45) is 0. The second kappa shape index (κ2) is 9.30. The molecule has 0 bridgehead atoms. The van der Waals surface area contributed by atoms with E-state index in [0.717, 1.165) is 16.7 Å². The lowest BCUT2D eigenvalue weighted by Gasteiger charge is -2.26. The van der Waals surface area contributed by atoms with Gasteiger partial charge >= 0.3 is 5.97 Å². The van der Waals surface area contributed by atoms with Gasteiger partial charge in [0.15, 0.2) is 6.61 Å². The van der Waals surface area contributed by atoms with Crippen LogP contribution in [0.3, 0.4) is 0 Å². The molecule has 0 atom stereocenters. The summed E-state index contributed by atoms with van der Waals surface area (Å²) >= 11 is 0. The fourth-order valence-corrected chi connectivity index (χ4v) is 5.14. The van der Waals surface area contributed by atoms with E-state index in [0.29, 0.717) is 24.3 Å². The number of carbonyl (C=O) groups is 2. The fraction of sp³-hybridized carbons (Fsp3) is 0.391. The molecule has 0 amide bonds. The van der Waals surface area contributed by atoms with Gasteiger partial charge in [0.05, 0.1) is 23.7 Å². The van der Waals surface area contributed by atoms with Gasteiger partial charge in [-0.2, -0.15) is 4.31 Å². The van der Waals surface area contributed by atoms with Gasteiger partial charge in [0.2, 0.25) is 15.8 Å². The number of nitrogens with zero attached hydrogens (tertiary/aromatic N) is 1. The Bertz CT molecular complexity index is 1120. The van der Waals surface area contributed by atoms with E-state index in [1.165, 1.54) is 16.4 Å². The Morgan fingerprint density at radius 1 is 0.935 bits per heavy atom. The zero-order valence-electron chi connectivity index (χ0n) is 18.2. The maximum Gasteiger partial charge on any atom is 0.338 e. The lowest BCUT2D eigenvalue weighted by atomic mass is 9.98. The smallest absolute Gasteiger partial charge is 0.338 e. The Morgan fingerprint density at radius 2 is 1.58 bits per heavy atom. The van der Waals surface area contributed by atoms with Gasteiger partial charge in [-0.05, 0) is 68.1 Å². The van der Waals surface area contributed by atoms with Crippen LogP contribution in [0.2, 0.25) is 0 Å². The quantitative estimate of drug-likeness (QED) is 0.502. The lowest BCUT2D eigenvalue weighted by Crippen LogP contribution is -2.40. The molecule has 1 fully saturated rings. The van der Waals surface area contributed by atoms with Gasteiger partial charge < -0.3 is 9.47 Å². The van der Waals surface area contributed by atoms with Gasteiger partial charge in [-0.25, -0.2) is 13.2 Å². The lowest BCUT2D eigenvalue weighted by molar-refractivity contribution is 0.0474. The first-order chi connectivity index (χ1) is 14.6. The zero-order valence-corrected chi connectivity index (χ0v) is 19.0. The van der Waals surface area contributed by atoms with Crippen molar-refractivity contribution in [2.45, 2.75) is 32.6 Å². The molecule has 0 aromatic heterocycles. The van der Waals surface area contributed by atoms with E-state index in [1.54, 1.807) is 19.1 Å². The van der Waals surface area contributed by atoms with E-state index in [1.807, 2.05) is 26.8 Å². The van der Waals surface area contributed by atoms with Crippen molar-refractivity contribution in [3.8, 4) is 0 Å². The Labute approximate surface area is 183 Å². The largest absolute Gasteiger partial charge is 0.454 e. The van der Waals surface area contributed by atoms with Crippen molar-refractivity contribution in [3.63, 3.8) is 0 Å². The molecule has 2 aromatic carbocycles. The summed E-state index contributed by atoms with van der Waals surface area (Å²) in [5.41, 5.74) is 4.01. The summed E-state index contributed by atoms with van der Waals surface area (Å²) in [7, 11) is -3.76. The van der Waals surface area contributed by atoms with Gasteiger partial charge in [0, 0.05) is 18.7 Å². The molecule has 0 aliphatic carbocycles. The average molecular weight is 446 g/mol. The predicted molar refractivity (Wildman–Crippen MR) is 116 cm³/mol. The Balaban J connectivity index is 1.76. The van der Waals surface area contributed by atoms with Crippen LogP contribution < -0.4 is 0 Å². The van der Waals surface area contributed by atoms with Gasteiger partial charge in [-0.1, -0.05) is 12.1 Å². The monoisotopic (exact) mass is 445 g/mol. The van der Waals surface area contributed by atoms with Crippen LogP contribution in [0.1, 0.15) is 43.0 Å². The number of ketones is 1. The zero-order chi connectivity index (χ0) is 22.8. The van der Waals surface area contributed by atoms with Crippen LogP contribution >= 0.6 is 0 Å². The van der Waals surface area contributed by atoms with E-state index in [9.17, 15) is 18.0 Å². The van der Waals surface area contributed by atoms with Crippen molar-refractivity contribution in [2.24, 2.45) is 0 Å². The fourth-order valence-electron chi connectivity index (χ4n) is 3.48. The van der Waals surface area contributed by atoms with E-state index in [4.69, 9.17) is 9.47 Å². The summed E-state index contributed by atoms with van der Waals surface area (Å²) in [4.78, 5) is 25.2. The Hall–Kier alpha value is -2.55. The second-order valence-electron chi connectivity index (χ2n) is 7.75. The van der Waals surface area contributed by atoms with Gasteiger partial charge in [-0.15, -0.1) is 0 Å². The van der Waals surface area contributed by atoms with E-state index >= 15 is 0 Å². The normalized spacial score (nSPS) is 15.0. The number of hydrogen-bond donors (Lipinski definition) is 0. The molecule has 1 aliphatic rings. The summed E-state index contributed by atoms with van der Waals surface area (Å²) in [5, 5.41) is 0. The molecule has 1 saturated heterocycles. The summed E-state index contributed by atoms with van der Waals surface area (Å²) in [6, 6.07) is 8.10. The van der Waals surface area contributed by atoms with Crippen molar-refractivity contribution < 1.29 is 27.5 Å². The van der Waals surface area contributed by atoms with Gasteiger partial charge in [0.25, 0.3) is 0 Å². The molecule has 166 valence electrons.